The summed E-state index contributed by atoms with van der Waals surface area (Å²) in [6.45, 7) is 4.26. The molecule has 1 aromatic heterocycles. The quantitative estimate of drug-likeness (QED) is 0.834. The zero-order valence-corrected chi connectivity index (χ0v) is 11.0. The van der Waals surface area contributed by atoms with Crippen LogP contribution in [0.4, 0.5) is 0 Å². The molecular formula is C13H19NO2S. The standard InChI is InChI=1S/C13H19NO2S/c1-2-11-3-4-13(17-11)12(16)9-14-7-5-10(15)6-8-14/h3-4,10,15H,2,5-9H2,1H3. The average Bonchev–Trinajstić information content (AvgIpc) is 2.81. The Hall–Kier alpha value is -0.710. The number of carbonyl (C=O) groups excluding carboxylic acids is 1. The normalized spacial score (nSPS) is 18.5. The lowest BCUT2D eigenvalue weighted by Gasteiger charge is -2.28. The molecule has 1 aliphatic heterocycles. The van der Waals surface area contributed by atoms with Gasteiger partial charge >= 0.3 is 0 Å². The highest BCUT2D eigenvalue weighted by Crippen LogP contribution is 2.18. The van der Waals surface area contributed by atoms with Crippen LogP contribution in [-0.4, -0.2) is 41.5 Å². The fourth-order valence-electron chi connectivity index (χ4n) is 2.08. The van der Waals surface area contributed by atoms with E-state index in [4.69, 9.17) is 0 Å². The smallest absolute Gasteiger partial charge is 0.186 e. The first kappa shape index (κ1) is 12.7. The van der Waals surface area contributed by atoms with Crippen molar-refractivity contribution in [3.8, 4) is 0 Å². The van der Waals surface area contributed by atoms with E-state index in [1.165, 1.54) is 4.88 Å². The van der Waals surface area contributed by atoms with Crippen LogP contribution >= 0.6 is 11.3 Å². The Morgan fingerprint density at radius 3 is 2.76 bits per heavy atom. The molecule has 0 spiro atoms. The van der Waals surface area contributed by atoms with Crippen LogP contribution in [0, 0.1) is 0 Å². The maximum Gasteiger partial charge on any atom is 0.186 e. The predicted molar refractivity (Wildman–Crippen MR) is 69.7 cm³/mol. The number of hydrogen-bond donors (Lipinski definition) is 1. The second-order valence-corrected chi connectivity index (χ2v) is 5.72. The monoisotopic (exact) mass is 253 g/mol. The summed E-state index contributed by atoms with van der Waals surface area (Å²) in [5, 5.41) is 9.40. The van der Waals surface area contributed by atoms with Gasteiger partial charge in [0.15, 0.2) is 5.78 Å². The molecule has 0 aromatic carbocycles. The highest BCUT2D eigenvalue weighted by atomic mass is 32.1. The molecule has 0 atom stereocenters. The van der Waals surface area contributed by atoms with Crippen molar-refractivity contribution < 1.29 is 9.90 Å². The van der Waals surface area contributed by atoms with Gasteiger partial charge in [-0.3, -0.25) is 9.69 Å². The Kier molecular flexibility index (Phi) is 4.31. The summed E-state index contributed by atoms with van der Waals surface area (Å²) in [6.07, 6.45) is 2.40. The third-order valence-electron chi connectivity index (χ3n) is 3.21. The van der Waals surface area contributed by atoms with Gasteiger partial charge in [-0.05, 0) is 31.4 Å². The van der Waals surface area contributed by atoms with E-state index in [-0.39, 0.29) is 11.9 Å². The number of aliphatic hydroxyl groups is 1. The van der Waals surface area contributed by atoms with Crippen LogP contribution in [0.15, 0.2) is 12.1 Å². The molecule has 0 radical (unpaired) electrons. The number of piperidine rings is 1. The lowest BCUT2D eigenvalue weighted by molar-refractivity contribution is 0.0713. The maximum absolute atomic E-state index is 12.0. The molecule has 0 bridgehead atoms. The second kappa shape index (κ2) is 5.76. The minimum absolute atomic E-state index is 0.171. The number of Topliss-reactive ketones (excluding diaryl/α,β-unsaturated/α-hetero) is 1. The summed E-state index contributed by atoms with van der Waals surface area (Å²) in [5.74, 6) is 0.214. The highest BCUT2D eigenvalue weighted by Gasteiger charge is 2.20. The van der Waals surface area contributed by atoms with Crippen molar-refractivity contribution in [2.75, 3.05) is 19.6 Å². The molecule has 1 fully saturated rings. The molecule has 0 aliphatic carbocycles. The predicted octanol–water partition coefficient (Wildman–Crippen LogP) is 1.95. The van der Waals surface area contributed by atoms with Crippen molar-refractivity contribution in [1.29, 1.82) is 0 Å². The lowest BCUT2D eigenvalue weighted by atomic mass is 10.1. The number of nitrogens with zero attached hydrogens (tertiary/aromatic N) is 1. The van der Waals surface area contributed by atoms with E-state index < -0.39 is 0 Å². The molecule has 0 amide bonds. The van der Waals surface area contributed by atoms with E-state index in [1.54, 1.807) is 11.3 Å². The number of thiophene rings is 1. The van der Waals surface area contributed by atoms with Crippen molar-refractivity contribution in [3.63, 3.8) is 0 Å². The number of carbonyl (C=O) groups is 1. The topological polar surface area (TPSA) is 40.5 Å². The van der Waals surface area contributed by atoms with Crippen molar-refractivity contribution >= 4 is 17.1 Å². The van der Waals surface area contributed by atoms with Gasteiger partial charge in [-0.25, -0.2) is 0 Å². The molecule has 17 heavy (non-hydrogen) atoms. The Labute approximate surface area is 106 Å². The maximum atomic E-state index is 12.0. The highest BCUT2D eigenvalue weighted by molar-refractivity contribution is 7.14. The van der Waals surface area contributed by atoms with E-state index in [2.05, 4.69) is 11.8 Å². The zero-order valence-electron chi connectivity index (χ0n) is 10.2. The van der Waals surface area contributed by atoms with Crippen LogP contribution in [0.1, 0.15) is 34.3 Å². The molecule has 1 N–H and O–H groups in total. The summed E-state index contributed by atoms with van der Waals surface area (Å²) in [4.78, 5) is 16.3. The largest absolute Gasteiger partial charge is 0.393 e. The minimum Gasteiger partial charge on any atom is -0.393 e. The molecule has 2 heterocycles. The van der Waals surface area contributed by atoms with E-state index in [9.17, 15) is 9.90 Å². The van der Waals surface area contributed by atoms with Gasteiger partial charge in [-0.15, -0.1) is 11.3 Å². The third-order valence-corrected chi connectivity index (χ3v) is 4.48. The van der Waals surface area contributed by atoms with Crippen molar-refractivity contribution in [2.45, 2.75) is 32.3 Å². The van der Waals surface area contributed by atoms with Crippen molar-refractivity contribution in [2.24, 2.45) is 0 Å². The average molecular weight is 253 g/mol. The van der Waals surface area contributed by atoms with Gasteiger partial charge in [0.2, 0.25) is 0 Å². The Morgan fingerprint density at radius 2 is 2.18 bits per heavy atom. The van der Waals surface area contributed by atoms with Gasteiger partial charge in [0.05, 0.1) is 17.5 Å². The minimum atomic E-state index is -0.171. The Morgan fingerprint density at radius 1 is 1.47 bits per heavy atom. The van der Waals surface area contributed by atoms with Gasteiger partial charge < -0.3 is 5.11 Å². The van der Waals surface area contributed by atoms with Crippen molar-refractivity contribution in [3.05, 3.63) is 21.9 Å². The molecule has 4 heteroatoms. The van der Waals surface area contributed by atoms with Crippen molar-refractivity contribution in [1.82, 2.24) is 4.90 Å². The summed E-state index contributed by atoms with van der Waals surface area (Å²) < 4.78 is 0. The van der Waals surface area contributed by atoms with Crippen LogP contribution in [0.3, 0.4) is 0 Å². The first-order valence-corrected chi connectivity index (χ1v) is 7.03. The van der Waals surface area contributed by atoms with Crippen LogP contribution in [0.2, 0.25) is 0 Å². The molecule has 1 aliphatic rings. The Balaban J connectivity index is 1.88. The molecule has 0 unspecified atom stereocenters. The van der Waals surface area contributed by atoms with Crippen LogP contribution < -0.4 is 0 Å². The van der Waals surface area contributed by atoms with Gasteiger partial charge in [-0.1, -0.05) is 6.92 Å². The molecule has 94 valence electrons. The molecule has 0 saturated carbocycles. The molecule has 1 saturated heterocycles. The van der Waals surface area contributed by atoms with Gasteiger partial charge in [0.25, 0.3) is 0 Å². The van der Waals surface area contributed by atoms with Crippen LogP contribution in [0.25, 0.3) is 0 Å². The van der Waals surface area contributed by atoms with E-state index in [0.29, 0.717) is 6.54 Å². The fraction of sp³-hybridized carbons (Fsp3) is 0.615. The summed E-state index contributed by atoms with van der Waals surface area (Å²) in [6, 6.07) is 3.97. The van der Waals surface area contributed by atoms with Crippen LogP contribution in [0.5, 0.6) is 0 Å². The van der Waals surface area contributed by atoms with Gasteiger partial charge in [0.1, 0.15) is 0 Å². The first-order chi connectivity index (χ1) is 8.19. The molecule has 3 nitrogen and oxygen atoms in total. The third kappa shape index (κ3) is 3.37. The molecular weight excluding hydrogens is 234 g/mol. The SMILES string of the molecule is CCc1ccc(C(=O)CN2CCC(O)CC2)s1. The lowest BCUT2D eigenvalue weighted by Crippen LogP contribution is -2.38. The van der Waals surface area contributed by atoms with Gasteiger partial charge in [0, 0.05) is 18.0 Å². The molecule has 1 aromatic rings. The molecule has 2 rings (SSSR count). The fourth-order valence-corrected chi connectivity index (χ4v) is 2.95. The summed E-state index contributed by atoms with van der Waals surface area (Å²) >= 11 is 1.60. The number of aryl methyl sites for hydroxylation is 1. The first-order valence-electron chi connectivity index (χ1n) is 6.21. The summed E-state index contributed by atoms with van der Waals surface area (Å²) in [5.41, 5.74) is 0. The number of hydrogen-bond acceptors (Lipinski definition) is 4. The van der Waals surface area contributed by atoms with Gasteiger partial charge in [-0.2, -0.15) is 0 Å². The van der Waals surface area contributed by atoms with E-state index in [0.717, 1.165) is 37.2 Å². The Bertz CT molecular complexity index is 381. The zero-order chi connectivity index (χ0) is 12.3. The summed E-state index contributed by atoms with van der Waals surface area (Å²) in [7, 11) is 0. The second-order valence-electron chi connectivity index (χ2n) is 4.55. The number of ketones is 1. The van der Waals surface area contributed by atoms with E-state index >= 15 is 0 Å². The number of aliphatic hydroxyl groups excluding tert-OH is 1. The van der Waals surface area contributed by atoms with Crippen LogP contribution in [-0.2, 0) is 6.42 Å². The number of rotatable bonds is 4. The number of likely N-dealkylation sites (tertiary alicyclic amines) is 1. The van der Waals surface area contributed by atoms with E-state index in [1.807, 2.05) is 12.1 Å².